The van der Waals surface area contributed by atoms with Crippen LogP contribution in [0.15, 0.2) is 24.3 Å². The Morgan fingerprint density at radius 1 is 1.40 bits per heavy atom. The summed E-state index contributed by atoms with van der Waals surface area (Å²) in [6.07, 6.45) is 0. The average molecular weight is 209 g/mol. The van der Waals surface area contributed by atoms with Crippen molar-refractivity contribution < 1.29 is 14.6 Å². The first-order chi connectivity index (χ1) is 6.94. The van der Waals surface area contributed by atoms with Crippen LogP contribution >= 0.6 is 0 Å². The Kier molecular flexibility index (Phi) is 3.31. The summed E-state index contributed by atoms with van der Waals surface area (Å²) in [5, 5.41) is 8.69. The Bertz CT molecular complexity index is 343. The zero-order valence-electron chi connectivity index (χ0n) is 8.86. The van der Waals surface area contributed by atoms with Crippen molar-refractivity contribution in [3.05, 3.63) is 29.8 Å². The molecule has 4 heteroatoms. The van der Waals surface area contributed by atoms with Gasteiger partial charge in [0.05, 0.1) is 5.56 Å². The topological polar surface area (TPSA) is 72.5 Å². The molecular weight excluding hydrogens is 194 g/mol. The molecule has 0 saturated heterocycles. The van der Waals surface area contributed by atoms with Crippen molar-refractivity contribution in [1.29, 1.82) is 0 Å². The third-order valence-corrected chi connectivity index (χ3v) is 1.99. The Morgan fingerprint density at radius 3 is 2.33 bits per heavy atom. The summed E-state index contributed by atoms with van der Waals surface area (Å²) in [5.74, 6) is -0.324. The van der Waals surface area contributed by atoms with Gasteiger partial charge in [0.25, 0.3) is 0 Å². The Balaban J connectivity index is 2.77. The molecule has 0 atom stereocenters. The van der Waals surface area contributed by atoms with E-state index in [1.54, 1.807) is 12.1 Å². The van der Waals surface area contributed by atoms with Crippen LogP contribution < -0.4 is 10.5 Å². The summed E-state index contributed by atoms with van der Waals surface area (Å²) in [6.45, 7) is 4.14. The molecule has 15 heavy (non-hydrogen) atoms. The van der Waals surface area contributed by atoms with Gasteiger partial charge in [0.15, 0.2) is 0 Å². The first kappa shape index (κ1) is 11.5. The summed E-state index contributed by atoms with van der Waals surface area (Å²) in [6, 6.07) is 6.26. The van der Waals surface area contributed by atoms with Crippen molar-refractivity contribution in [2.75, 3.05) is 6.54 Å². The molecule has 1 aromatic rings. The molecule has 0 saturated carbocycles. The maximum Gasteiger partial charge on any atom is 0.335 e. The largest absolute Gasteiger partial charge is 0.487 e. The summed E-state index contributed by atoms with van der Waals surface area (Å²) < 4.78 is 5.57. The van der Waals surface area contributed by atoms with Gasteiger partial charge in [0.2, 0.25) is 0 Å². The third kappa shape index (κ3) is 3.25. The van der Waals surface area contributed by atoms with E-state index in [0.29, 0.717) is 12.3 Å². The van der Waals surface area contributed by atoms with Gasteiger partial charge < -0.3 is 15.6 Å². The van der Waals surface area contributed by atoms with E-state index in [1.807, 2.05) is 13.8 Å². The van der Waals surface area contributed by atoms with Crippen molar-refractivity contribution in [1.82, 2.24) is 0 Å². The van der Waals surface area contributed by atoms with E-state index < -0.39 is 11.6 Å². The normalized spacial score (nSPS) is 11.1. The molecule has 0 amide bonds. The van der Waals surface area contributed by atoms with Gasteiger partial charge in [0, 0.05) is 6.54 Å². The van der Waals surface area contributed by atoms with Crippen molar-refractivity contribution in [2.24, 2.45) is 5.73 Å². The van der Waals surface area contributed by atoms with Crippen molar-refractivity contribution >= 4 is 5.97 Å². The maximum absolute atomic E-state index is 10.6. The molecule has 0 aliphatic rings. The van der Waals surface area contributed by atoms with Crippen molar-refractivity contribution in [3.63, 3.8) is 0 Å². The molecule has 0 heterocycles. The van der Waals surface area contributed by atoms with Crippen LogP contribution in [0.4, 0.5) is 0 Å². The summed E-state index contributed by atoms with van der Waals surface area (Å²) in [5.41, 5.74) is 5.32. The minimum Gasteiger partial charge on any atom is -0.487 e. The van der Waals surface area contributed by atoms with Crippen LogP contribution in [0.5, 0.6) is 5.75 Å². The molecule has 1 aromatic carbocycles. The number of aromatic carboxylic acids is 1. The number of carboxylic acids is 1. The van der Waals surface area contributed by atoms with E-state index in [1.165, 1.54) is 12.1 Å². The quantitative estimate of drug-likeness (QED) is 0.788. The van der Waals surface area contributed by atoms with Gasteiger partial charge in [-0.25, -0.2) is 4.79 Å². The van der Waals surface area contributed by atoms with E-state index >= 15 is 0 Å². The monoisotopic (exact) mass is 209 g/mol. The molecule has 0 radical (unpaired) electrons. The fourth-order valence-electron chi connectivity index (χ4n) is 1.03. The van der Waals surface area contributed by atoms with Crippen molar-refractivity contribution in [2.45, 2.75) is 19.4 Å². The molecule has 0 fully saturated rings. The first-order valence-corrected chi connectivity index (χ1v) is 4.67. The number of ether oxygens (including phenoxy) is 1. The number of nitrogens with two attached hydrogens (primary N) is 1. The minimum atomic E-state index is -0.945. The van der Waals surface area contributed by atoms with E-state index in [9.17, 15) is 4.79 Å². The van der Waals surface area contributed by atoms with Gasteiger partial charge in [-0.3, -0.25) is 0 Å². The standard InChI is InChI=1S/C11H15NO3/c1-11(2,7-12)15-9-5-3-8(4-6-9)10(13)14/h3-6H,7,12H2,1-2H3,(H,13,14). The lowest BCUT2D eigenvalue weighted by Crippen LogP contribution is -2.37. The molecule has 4 nitrogen and oxygen atoms in total. The van der Waals surface area contributed by atoms with E-state index in [4.69, 9.17) is 15.6 Å². The summed E-state index contributed by atoms with van der Waals surface area (Å²) in [4.78, 5) is 10.6. The van der Waals surface area contributed by atoms with E-state index in [-0.39, 0.29) is 5.56 Å². The molecule has 0 unspecified atom stereocenters. The highest BCUT2D eigenvalue weighted by atomic mass is 16.5. The lowest BCUT2D eigenvalue weighted by atomic mass is 10.1. The number of hydrogen-bond donors (Lipinski definition) is 2. The highest BCUT2D eigenvalue weighted by Crippen LogP contribution is 2.18. The number of carbonyl (C=O) groups is 1. The van der Waals surface area contributed by atoms with Crippen LogP contribution in [-0.2, 0) is 0 Å². The highest BCUT2D eigenvalue weighted by molar-refractivity contribution is 5.87. The molecule has 0 spiro atoms. The molecule has 0 aromatic heterocycles. The Hall–Kier alpha value is -1.55. The van der Waals surface area contributed by atoms with Gasteiger partial charge >= 0.3 is 5.97 Å². The predicted octanol–water partition coefficient (Wildman–Crippen LogP) is 1.50. The molecule has 3 N–H and O–H groups in total. The number of benzene rings is 1. The maximum atomic E-state index is 10.6. The predicted molar refractivity (Wildman–Crippen MR) is 57.2 cm³/mol. The number of rotatable bonds is 4. The van der Waals surface area contributed by atoms with E-state index in [2.05, 4.69) is 0 Å². The second-order valence-electron chi connectivity index (χ2n) is 3.90. The summed E-state index contributed by atoms with van der Waals surface area (Å²) in [7, 11) is 0. The fourth-order valence-corrected chi connectivity index (χ4v) is 1.03. The third-order valence-electron chi connectivity index (χ3n) is 1.99. The molecular formula is C11H15NO3. The van der Waals surface area contributed by atoms with Crippen LogP contribution in [-0.4, -0.2) is 23.2 Å². The van der Waals surface area contributed by atoms with E-state index in [0.717, 1.165) is 0 Å². The van der Waals surface area contributed by atoms with Gasteiger partial charge in [-0.05, 0) is 38.1 Å². The second kappa shape index (κ2) is 4.31. The Morgan fingerprint density at radius 2 is 1.93 bits per heavy atom. The van der Waals surface area contributed by atoms with Gasteiger partial charge in [-0.2, -0.15) is 0 Å². The smallest absolute Gasteiger partial charge is 0.335 e. The summed E-state index contributed by atoms with van der Waals surface area (Å²) >= 11 is 0. The van der Waals surface area contributed by atoms with Crippen LogP contribution in [0.1, 0.15) is 24.2 Å². The zero-order valence-corrected chi connectivity index (χ0v) is 8.86. The van der Waals surface area contributed by atoms with Crippen LogP contribution in [0, 0.1) is 0 Å². The van der Waals surface area contributed by atoms with Crippen LogP contribution in [0.25, 0.3) is 0 Å². The second-order valence-corrected chi connectivity index (χ2v) is 3.90. The average Bonchev–Trinajstić information content (AvgIpc) is 2.18. The number of hydrogen-bond acceptors (Lipinski definition) is 3. The van der Waals surface area contributed by atoms with Gasteiger partial charge in [0.1, 0.15) is 11.4 Å². The SMILES string of the molecule is CC(C)(CN)Oc1ccc(C(=O)O)cc1. The molecule has 0 aliphatic heterocycles. The molecule has 0 aliphatic carbocycles. The van der Waals surface area contributed by atoms with Gasteiger partial charge in [-0.15, -0.1) is 0 Å². The fraction of sp³-hybridized carbons (Fsp3) is 0.364. The van der Waals surface area contributed by atoms with Crippen molar-refractivity contribution in [3.8, 4) is 5.75 Å². The van der Waals surface area contributed by atoms with Crippen LogP contribution in [0.3, 0.4) is 0 Å². The lowest BCUT2D eigenvalue weighted by molar-refractivity contribution is 0.0697. The highest BCUT2D eigenvalue weighted by Gasteiger charge is 2.17. The lowest BCUT2D eigenvalue weighted by Gasteiger charge is -2.24. The molecule has 0 bridgehead atoms. The minimum absolute atomic E-state index is 0.243. The van der Waals surface area contributed by atoms with Crippen LogP contribution in [0.2, 0.25) is 0 Å². The molecule has 82 valence electrons. The number of carboxylic acid groups (broad SMARTS) is 1. The van der Waals surface area contributed by atoms with Gasteiger partial charge in [-0.1, -0.05) is 0 Å². The first-order valence-electron chi connectivity index (χ1n) is 4.67. The molecule has 1 rings (SSSR count). The zero-order chi connectivity index (χ0) is 11.5. The Labute approximate surface area is 88.7 Å².